The molecule has 1 aromatic heterocycles. The molecule has 0 aliphatic carbocycles. The van der Waals surface area contributed by atoms with Gasteiger partial charge in [0.15, 0.2) is 0 Å². The van der Waals surface area contributed by atoms with E-state index in [1.54, 1.807) is 6.07 Å². The van der Waals surface area contributed by atoms with Crippen molar-refractivity contribution in [2.45, 2.75) is 26.7 Å². The highest BCUT2D eigenvalue weighted by molar-refractivity contribution is 5.90. The lowest BCUT2D eigenvalue weighted by Gasteiger charge is -1.96. The molecule has 0 N–H and O–H groups in total. The summed E-state index contributed by atoms with van der Waals surface area (Å²) >= 11 is 0. The number of methoxy groups -OCH3 is 1. The molecule has 0 fully saturated rings. The van der Waals surface area contributed by atoms with Crippen LogP contribution in [-0.2, 0) is 17.6 Å². The first-order valence-corrected chi connectivity index (χ1v) is 4.42. The molecular formula is C10H14O3. The minimum atomic E-state index is -0.319. The zero-order valence-corrected chi connectivity index (χ0v) is 8.22. The average Bonchev–Trinajstić information content (AvgIpc) is 2.59. The third-order valence-electron chi connectivity index (χ3n) is 1.93. The number of rotatable bonds is 3. The van der Waals surface area contributed by atoms with E-state index in [2.05, 4.69) is 4.74 Å². The number of hydrogen-bond acceptors (Lipinski definition) is 3. The third-order valence-corrected chi connectivity index (χ3v) is 1.93. The molecule has 1 heterocycles. The quantitative estimate of drug-likeness (QED) is 0.672. The lowest BCUT2D eigenvalue weighted by Crippen LogP contribution is -2.02. The van der Waals surface area contributed by atoms with E-state index in [0.717, 1.165) is 12.2 Å². The number of carbonyl (C=O) groups excluding carboxylic acids is 1. The van der Waals surface area contributed by atoms with Crippen LogP contribution in [0.5, 0.6) is 0 Å². The van der Waals surface area contributed by atoms with Crippen LogP contribution >= 0.6 is 0 Å². The van der Waals surface area contributed by atoms with Crippen LogP contribution in [0.3, 0.4) is 0 Å². The summed E-state index contributed by atoms with van der Waals surface area (Å²) in [5.74, 6) is 1.22. The van der Waals surface area contributed by atoms with Crippen LogP contribution in [-0.4, -0.2) is 13.1 Å². The van der Waals surface area contributed by atoms with Crippen LogP contribution in [0.1, 0.15) is 35.7 Å². The topological polar surface area (TPSA) is 39.4 Å². The Bertz CT molecular complexity index is 299. The van der Waals surface area contributed by atoms with Gasteiger partial charge >= 0.3 is 5.97 Å². The second-order valence-corrected chi connectivity index (χ2v) is 2.75. The summed E-state index contributed by atoms with van der Waals surface area (Å²) in [6.45, 7) is 3.93. The molecule has 0 radical (unpaired) electrons. The highest BCUT2D eigenvalue weighted by Gasteiger charge is 2.15. The van der Waals surface area contributed by atoms with E-state index < -0.39 is 0 Å². The van der Waals surface area contributed by atoms with Crippen molar-refractivity contribution >= 4 is 5.97 Å². The molecule has 3 heteroatoms. The van der Waals surface area contributed by atoms with Crippen LogP contribution in [0.25, 0.3) is 0 Å². The molecule has 0 spiro atoms. The van der Waals surface area contributed by atoms with Gasteiger partial charge < -0.3 is 9.15 Å². The molecule has 1 aromatic rings. The minimum Gasteiger partial charge on any atom is -0.465 e. The van der Waals surface area contributed by atoms with Gasteiger partial charge in [-0.15, -0.1) is 0 Å². The van der Waals surface area contributed by atoms with Crippen molar-refractivity contribution < 1.29 is 13.9 Å². The largest absolute Gasteiger partial charge is 0.465 e. The van der Waals surface area contributed by atoms with E-state index in [0.29, 0.717) is 17.7 Å². The summed E-state index contributed by atoms with van der Waals surface area (Å²) < 4.78 is 10.1. The third kappa shape index (κ3) is 1.91. The normalized spacial score (nSPS) is 10.1. The van der Waals surface area contributed by atoms with Gasteiger partial charge in [-0.2, -0.15) is 0 Å². The molecule has 0 saturated carbocycles. The number of carbonyl (C=O) groups is 1. The predicted octanol–water partition coefficient (Wildman–Crippen LogP) is 2.19. The van der Waals surface area contributed by atoms with Gasteiger partial charge in [0.05, 0.1) is 7.11 Å². The molecule has 0 atom stereocenters. The maximum atomic E-state index is 11.2. The summed E-state index contributed by atoms with van der Waals surface area (Å²) in [4.78, 5) is 11.2. The van der Waals surface area contributed by atoms with Crippen molar-refractivity contribution in [1.29, 1.82) is 0 Å². The SMILES string of the molecule is CCc1cc(C(=O)OC)c(CC)o1. The van der Waals surface area contributed by atoms with Crippen molar-refractivity contribution in [3.63, 3.8) is 0 Å². The Hall–Kier alpha value is -1.25. The Balaban J connectivity index is 3.03. The molecule has 0 aliphatic rings. The molecule has 1 rings (SSSR count). The molecule has 0 saturated heterocycles. The first-order chi connectivity index (χ1) is 6.22. The molecule has 72 valence electrons. The number of furan rings is 1. The Morgan fingerprint density at radius 1 is 1.46 bits per heavy atom. The Kier molecular flexibility index (Phi) is 3.12. The van der Waals surface area contributed by atoms with Gasteiger partial charge in [0, 0.05) is 12.8 Å². The Labute approximate surface area is 77.7 Å². The summed E-state index contributed by atoms with van der Waals surface area (Å²) in [6.07, 6.45) is 1.51. The molecular weight excluding hydrogens is 168 g/mol. The standard InChI is InChI=1S/C10H14O3/c1-4-7-6-8(10(11)12-3)9(5-2)13-7/h6H,4-5H2,1-3H3. The van der Waals surface area contributed by atoms with E-state index >= 15 is 0 Å². The van der Waals surface area contributed by atoms with E-state index in [-0.39, 0.29) is 5.97 Å². The molecule has 0 aliphatic heterocycles. The predicted molar refractivity (Wildman–Crippen MR) is 48.8 cm³/mol. The Morgan fingerprint density at radius 2 is 2.15 bits per heavy atom. The number of hydrogen-bond donors (Lipinski definition) is 0. The van der Waals surface area contributed by atoms with Crippen LogP contribution < -0.4 is 0 Å². The zero-order chi connectivity index (χ0) is 9.84. The summed E-state index contributed by atoms with van der Waals surface area (Å²) in [5, 5.41) is 0. The minimum absolute atomic E-state index is 0.319. The molecule has 0 bridgehead atoms. The smallest absolute Gasteiger partial charge is 0.341 e. The lowest BCUT2D eigenvalue weighted by atomic mass is 10.2. The maximum Gasteiger partial charge on any atom is 0.341 e. The zero-order valence-electron chi connectivity index (χ0n) is 8.22. The fraction of sp³-hybridized carbons (Fsp3) is 0.500. The van der Waals surface area contributed by atoms with Crippen molar-refractivity contribution in [2.75, 3.05) is 7.11 Å². The van der Waals surface area contributed by atoms with Crippen molar-refractivity contribution in [1.82, 2.24) is 0 Å². The van der Waals surface area contributed by atoms with Gasteiger partial charge in [0.2, 0.25) is 0 Å². The van der Waals surface area contributed by atoms with Gasteiger partial charge in [0.1, 0.15) is 17.1 Å². The highest BCUT2D eigenvalue weighted by Crippen LogP contribution is 2.17. The van der Waals surface area contributed by atoms with E-state index in [4.69, 9.17) is 4.42 Å². The first-order valence-electron chi connectivity index (χ1n) is 4.42. The number of esters is 1. The molecule has 0 unspecified atom stereocenters. The van der Waals surface area contributed by atoms with Crippen molar-refractivity contribution in [2.24, 2.45) is 0 Å². The molecule has 3 nitrogen and oxygen atoms in total. The summed E-state index contributed by atoms with van der Waals surface area (Å²) in [5.41, 5.74) is 0.557. The summed E-state index contributed by atoms with van der Waals surface area (Å²) in [7, 11) is 1.38. The summed E-state index contributed by atoms with van der Waals surface area (Å²) in [6, 6.07) is 1.75. The average molecular weight is 182 g/mol. The van der Waals surface area contributed by atoms with Crippen LogP contribution in [0.15, 0.2) is 10.5 Å². The van der Waals surface area contributed by atoms with Crippen LogP contribution in [0.2, 0.25) is 0 Å². The fourth-order valence-electron chi connectivity index (χ4n) is 1.20. The van der Waals surface area contributed by atoms with Crippen molar-refractivity contribution in [3.05, 3.63) is 23.2 Å². The van der Waals surface area contributed by atoms with E-state index in [1.165, 1.54) is 7.11 Å². The maximum absolute atomic E-state index is 11.2. The van der Waals surface area contributed by atoms with Gasteiger partial charge in [-0.25, -0.2) is 4.79 Å². The van der Waals surface area contributed by atoms with Crippen LogP contribution in [0, 0.1) is 0 Å². The van der Waals surface area contributed by atoms with Gasteiger partial charge in [-0.05, 0) is 6.07 Å². The second-order valence-electron chi connectivity index (χ2n) is 2.75. The number of ether oxygens (including phenoxy) is 1. The van der Waals surface area contributed by atoms with E-state index in [9.17, 15) is 4.79 Å². The van der Waals surface area contributed by atoms with Gasteiger partial charge in [-0.1, -0.05) is 13.8 Å². The molecule has 13 heavy (non-hydrogen) atoms. The Morgan fingerprint density at radius 3 is 2.62 bits per heavy atom. The molecule has 0 aromatic carbocycles. The highest BCUT2D eigenvalue weighted by atomic mass is 16.5. The van der Waals surface area contributed by atoms with Crippen molar-refractivity contribution in [3.8, 4) is 0 Å². The molecule has 0 amide bonds. The van der Waals surface area contributed by atoms with Gasteiger partial charge in [0.25, 0.3) is 0 Å². The second kappa shape index (κ2) is 4.12. The monoisotopic (exact) mass is 182 g/mol. The first kappa shape index (κ1) is 9.84. The fourth-order valence-corrected chi connectivity index (χ4v) is 1.20. The van der Waals surface area contributed by atoms with Gasteiger partial charge in [-0.3, -0.25) is 0 Å². The van der Waals surface area contributed by atoms with Crippen LogP contribution in [0.4, 0.5) is 0 Å². The number of aryl methyl sites for hydroxylation is 2. The lowest BCUT2D eigenvalue weighted by molar-refractivity contribution is 0.0598. The van der Waals surface area contributed by atoms with E-state index in [1.807, 2.05) is 13.8 Å².